The Balaban J connectivity index is 1.54. The van der Waals surface area contributed by atoms with Crippen LogP contribution in [0.25, 0.3) is 10.8 Å². The van der Waals surface area contributed by atoms with Gasteiger partial charge in [-0.25, -0.2) is 5.43 Å². The Kier molecular flexibility index (Phi) is 8.51. The highest BCUT2D eigenvalue weighted by atomic mass is 35.5. The number of halogens is 1. The van der Waals surface area contributed by atoms with Crippen molar-refractivity contribution in [3.8, 4) is 11.8 Å². The average molecular weight is 547 g/mol. The van der Waals surface area contributed by atoms with Crippen LogP contribution in [0.2, 0.25) is 5.02 Å². The Labute approximate surface area is 225 Å². The predicted molar refractivity (Wildman–Crippen MR) is 153 cm³/mol. The molecule has 0 aliphatic heterocycles. The van der Waals surface area contributed by atoms with Gasteiger partial charge in [0.15, 0.2) is 0 Å². The fraction of sp³-hybridized carbons (Fsp3) is 0.0714. The van der Waals surface area contributed by atoms with Crippen molar-refractivity contribution in [2.24, 2.45) is 15.2 Å². The van der Waals surface area contributed by atoms with Crippen LogP contribution in [0.5, 0.6) is 0 Å². The van der Waals surface area contributed by atoms with E-state index in [-0.39, 0.29) is 10.9 Å². The van der Waals surface area contributed by atoms with Crippen LogP contribution in [0.3, 0.4) is 0 Å². The highest BCUT2D eigenvalue weighted by Gasteiger charge is 2.21. The van der Waals surface area contributed by atoms with E-state index in [1.807, 2.05) is 72.8 Å². The van der Waals surface area contributed by atoms with Crippen molar-refractivity contribution in [2.45, 2.75) is 22.5 Å². The van der Waals surface area contributed by atoms with Crippen molar-refractivity contribution < 1.29 is 8.42 Å². The third kappa shape index (κ3) is 6.92. The number of hydrogen-bond donors (Lipinski definition) is 2. The Hall–Kier alpha value is -3.77. The second-order valence-electron chi connectivity index (χ2n) is 7.93. The molecule has 4 aromatic rings. The molecule has 0 amide bonds. The number of aryl methyl sites for hydroxylation is 1. The maximum atomic E-state index is 13.2. The highest BCUT2D eigenvalue weighted by molar-refractivity contribution is 7.99. The van der Waals surface area contributed by atoms with Crippen LogP contribution in [0.15, 0.2) is 104 Å². The maximum absolute atomic E-state index is 13.2. The van der Waals surface area contributed by atoms with Gasteiger partial charge in [-0.3, -0.25) is 0 Å². The molecule has 0 saturated carbocycles. The molecule has 0 fully saturated rings. The number of hydrazone groups is 1. The lowest BCUT2D eigenvalue weighted by atomic mass is 10.1. The van der Waals surface area contributed by atoms with E-state index in [0.717, 1.165) is 21.9 Å². The molecule has 9 heteroatoms. The van der Waals surface area contributed by atoms with Crippen molar-refractivity contribution in [3.05, 3.63) is 107 Å². The van der Waals surface area contributed by atoms with Crippen molar-refractivity contribution in [2.75, 3.05) is 0 Å². The minimum absolute atomic E-state index is 0.0252. The fourth-order valence-corrected chi connectivity index (χ4v) is 6.22. The quantitative estimate of drug-likeness (QED) is 0.106. The van der Waals surface area contributed by atoms with Gasteiger partial charge < -0.3 is 5.73 Å². The first kappa shape index (κ1) is 26.3. The molecule has 0 aliphatic carbocycles. The first-order chi connectivity index (χ1) is 17.8. The summed E-state index contributed by atoms with van der Waals surface area (Å²) in [5, 5.41) is 6.53. The van der Waals surface area contributed by atoms with E-state index in [9.17, 15) is 8.42 Å². The summed E-state index contributed by atoms with van der Waals surface area (Å²) < 4.78 is 30.1. The minimum Gasteiger partial charge on any atom is -0.368 e. The molecule has 0 atom stereocenters. The summed E-state index contributed by atoms with van der Waals surface area (Å²) in [7, 11) is -4.15. The van der Waals surface area contributed by atoms with Gasteiger partial charge in [0.1, 0.15) is 4.90 Å². The summed E-state index contributed by atoms with van der Waals surface area (Å²) in [6.07, 6.45) is 1.28. The number of nitrogens with zero attached hydrogens (tertiary/aromatic N) is 2. The molecule has 0 heterocycles. The number of nitrogens with one attached hydrogen (secondary N) is 1. The first-order valence-corrected chi connectivity index (χ1v) is 14.0. The molecule has 0 spiro atoms. The van der Waals surface area contributed by atoms with E-state index in [1.165, 1.54) is 24.0 Å². The van der Waals surface area contributed by atoms with E-state index in [4.69, 9.17) is 17.3 Å². The SMILES string of the molecule is Cc1cc(S(=O)(=O)N=C(N)N/N=C/C#Cc2ccccc2)c(SCc2cccc3ccccc23)cc1Cl. The van der Waals surface area contributed by atoms with Crippen LogP contribution in [-0.2, 0) is 15.8 Å². The van der Waals surface area contributed by atoms with Crippen LogP contribution in [0, 0.1) is 18.8 Å². The van der Waals surface area contributed by atoms with E-state index in [0.29, 0.717) is 21.2 Å². The predicted octanol–water partition coefficient (Wildman–Crippen LogP) is 5.72. The third-order valence-corrected chi connectivity index (χ3v) is 8.25. The molecule has 0 aromatic heterocycles. The molecule has 3 N–H and O–H groups in total. The molecule has 0 unspecified atom stereocenters. The molecular formula is C28H23ClN4O2S2. The Morgan fingerprint density at radius 1 is 1.05 bits per heavy atom. The number of sulfonamides is 1. The zero-order chi connectivity index (χ0) is 26.3. The summed E-state index contributed by atoms with van der Waals surface area (Å²) in [5.74, 6) is 5.80. The largest absolute Gasteiger partial charge is 0.368 e. The number of guanidine groups is 1. The van der Waals surface area contributed by atoms with E-state index >= 15 is 0 Å². The van der Waals surface area contributed by atoms with Gasteiger partial charge in [0.2, 0.25) is 5.96 Å². The van der Waals surface area contributed by atoms with E-state index < -0.39 is 10.0 Å². The molecule has 186 valence electrons. The van der Waals surface area contributed by atoms with Gasteiger partial charge in [0.25, 0.3) is 10.0 Å². The van der Waals surface area contributed by atoms with E-state index in [2.05, 4.69) is 26.8 Å². The van der Waals surface area contributed by atoms with Gasteiger partial charge in [-0.15, -0.1) is 16.2 Å². The van der Waals surface area contributed by atoms with Crippen molar-refractivity contribution in [1.29, 1.82) is 0 Å². The van der Waals surface area contributed by atoms with Crippen LogP contribution >= 0.6 is 23.4 Å². The first-order valence-electron chi connectivity index (χ1n) is 11.2. The Bertz CT molecular complexity index is 1650. The molecule has 0 bridgehead atoms. The van der Waals surface area contributed by atoms with Crippen molar-refractivity contribution >= 4 is 56.3 Å². The molecule has 0 radical (unpaired) electrons. The van der Waals surface area contributed by atoms with Gasteiger partial charge in [-0.1, -0.05) is 78.2 Å². The van der Waals surface area contributed by atoms with Gasteiger partial charge in [0, 0.05) is 21.2 Å². The second-order valence-corrected chi connectivity index (χ2v) is 10.9. The molecule has 6 nitrogen and oxygen atoms in total. The number of fused-ring (bicyclic) bond motifs is 1. The van der Waals surface area contributed by atoms with Gasteiger partial charge in [-0.05, 0) is 59.0 Å². The van der Waals surface area contributed by atoms with Crippen LogP contribution in [-0.4, -0.2) is 20.6 Å². The topological polar surface area (TPSA) is 96.9 Å². The summed E-state index contributed by atoms with van der Waals surface area (Å²) in [4.78, 5) is 0.509. The molecule has 37 heavy (non-hydrogen) atoms. The normalized spacial score (nSPS) is 11.9. The lowest BCUT2D eigenvalue weighted by Gasteiger charge is -2.12. The Morgan fingerprint density at radius 3 is 2.59 bits per heavy atom. The summed E-state index contributed by atoms with van der Waals surface area (Å²) in [6, 6.07) is 26.6. The zero-order valence-electron chi connectivity index (χ0n) is 19.9. The molecule has 4 aromatic carbocycles. The molecule has 0 aliphatic rings. The zero-order valence-corrected chi connectivity index (χ0v) is 22.2. The van der Waals surface area contributed by atoms with Crippen LogP contribution < -0.4 is 11.2 Å². The summed E-state index contributed by atoms with van der Waals surface area (Å²) in [6.45, 7) is 1.74. The standard InChI is InChI=1S/C28H23ClN4O2S2/c1-20-17-27(37(34,35)33-28(30)32-31-16-8-11-21-9-3-2-4-10-21)26(18-25(20)29)36-19-23-14-7-13-22-12-5-6-15-24(22)23/h2-7,9-10,12-18H,19H2,1H3,(H3,30,32,33)/b31-16+. The minimum atomic E-state index is -4.15. The summed E-state index contributed by atoms with van der Waals surface area (Å²) in [5.41, 5.74) is 10.7. The van der Waals surface area contributed by atoms with Crippen molar-refractivity contribution in [3.63, 3.8) is 0 Å². The Morgan fingerprint density at radius 2 is 1.78 bits per heavy atom. The highest BCUT2D eigenvalue weighted by Crippen LogP contribution is 2.35. The number of nitrogens with two attached hydrogens (primary N) is 1. The van der Waals surface area contributed by atoms with Gasteiger partial charge in [-0.2, -0.15) is 13.5 Å². The maximum Gasteiger partial charge on any atom is 0.286 e. The number of thioether (sulfide) groups is 1. The van der Waals surface area contributed by atoms with Crippen molar-refractivity contribution in [1.82, 2.24) is 5.43 Å². The van der Waals surface area contributed by atoms with Crippen LogP contribution in [0.1, 0.15) is 16.7 Å². The monoisotopic (exact) mass is 546 g/mol. The lowest BCUT2D eigenvalue weighted by molar-refractivity contribution is 0.595. The second kappa shape index (κ2) is 12.0. The van der Waals surface area contributed by atoms with Gasteiger partial charge >= 0.3 is 0 Å². The van der Waals surface area contributed by atoms with Gasteiger partial charge in [0.05, 0.1) is 6.21 Å². The molecular weight excluding hydrogens is 524 g/mol. The smallest absolute Gasteiger partial charge is 0.286 e. The van der Waals surface area contributed by atoms with Crippen LogP contribution in [0.4, 0.5) is 0 Å². The summed E-state index contributed by atoms with van der Waals surface area (Å²) >= 11 is 7.72. The lowest BCUT2D eigenvalue weighted by Crippen LogP contribution is -2.28. The number of hydrogen-bond acceptors (Lipinski definition) is 4. The fourth-order valence-electron chi connectivity index (χ4n) is 3.49. The number of rotatable bonds is 6. The van der Waals surface area contributed by atoms with E-state index in [1.54, 1.807) is 13.0 Å². The molecule has 4 rings (SSSR count). The average Bonchev–Trinajstić information content (AvgIpc) is 2.89. The number of benzene rings is 4. The third-order valence-electron chi connectivity index (χ3n) is 5.28. The molecule has 0 saturated heterocycles.